The lowest BCUT2D eigenvalue weighted by atomic mass is 10.0. The Hall–Kier alpha value is -6.13. The SMILES string of the molecule is CN(C(=Nc1ccccc1)c1ccccc1)c1ccc(-n2c3cc4ccccc4cc3c3c4oc5ccccc5c4ccc32)cc1. The van der Waals surface area contributed by atoms with Gasteiger partial charge in [-0.2, -0.15) is 0 Å². The summed E-state index contributed by atoms with van der Waals surface area (Å²) in [4.78, 5) is 7.22. The second-order valence-electron chi connectivity index (χ2n) is 11.7. The molecule has 4 heteroatoms. The second kappa shape index (κ2) is 10.5. The number of fused-ring (bicyclic) bond motifs is 8. The Kier molecular flexibility index (Phi) is 6.00. The van der Waals surface area contributed by atoms with Crippen molar-refractivity contribution in [2.45, 2.75) is 0 Å². The van der Waals surface area contributed by atoms with Gasteiger partial charge in [0, 0.05) is 40.1 Å². The number of hydrogen-bond acceptors (Lipinski definition) is 2. The topological polar surface area (TPSA) is 33.7 Å². The predicted molar refractivity (Wildman–Crippen MR) is 193 cm³/mol. The zero-order valence-corrected chi connectivity index (χ0v) is 25.3. The summed E-state index contributed by atoms with van der Waals surface area (Å²) in [6, 6.07) is 55.2. The Balaban J connectivity index is 1.23. The minimum Gasteiger partial charge on any atom is -0.455 e. The third-order valence-corrected chi connectivity index (χ3v) is 8.98. The van der Waals surface area contributed by atoms with E-state index < -0.39 is 0 Å². The summed E-state index contributed by atoms with van der Waals surface area (Å²) in [6.07, 6.45) is 0. The molecule has 0 radical (unpaired) electrons. The van der Waals surface area contributed by atoms with Crippen LogP contribution >= 0.6 is 0 Å². The highest BCUT2D eigenvalue weighted by Gasteiger charge is 2.20. The molecule has 0 aliphatic rings. The molecule has 0 N–H and O–H groups in total. The third-order valence-electron chi connectivity index (χ3n) is 8.98. The molecule has 0 aliphatic carbocycles. The van der Waals surface area contributed by atoms with E-state index in [1.54, 1.807) is 0 Å². The van der Waals surface area contributed by atoms with Gasteiger partial charge in [0.1, 0.15) is 17.0 Å². The summed E-state index contributed by atoms with van der Waals surface area (Å²) < 4.78 is 8.93. The van der Waals surface area contributed by atoms with E-state index in [9.17, 15) is 0 Å². The Morgan fingerprint density at radius 2 is 1.26 bits per heavy atom. The van der Waals surface area contributed by atoms with Crippen LogP contribution in [0.15, 0.2) is 167 Å². The van der Waals surface area contributed by atoms with Gasteiger partial charge in [-0.3, -0.25) is 0 Å². The minimum absolute atomic E-state index is 0.884. The van der Waals surface area contributed by atoms with E-state index in [-0.39, 0.29) is 0 Å². The zero-order valence-electron chi connectivity index (χ0n) is 25.3. The lowest BCUT2D eigenvalue weighted by molar-refractivity contribution is 0.673. The molecule has 0 spiro atoms. The van der Waals surface area contributed by atoms with Crippen molar-refractivity contribution in [2.24, 2.45) is 4.99 Å². The molecule has 218 valence electrons. The van der Waals surface area contributed by atoms with Gasteiger partial charge in [0.15, 0.2) is 0 Å². The number of para-hydroxylation sites is 2. The molecule has 0 saturated carbocycles. The molecular weight excluding hydrogens is 562 g/mol. The van der Waals surface area contributed by atoms with E-state index in [1.807, 2.05) is 42.5 Å². The maximum Gasteiger partial charge on any atom is 0.145 e. The number of amidine groups is 1. The zero-order chi connectivity index (χ0) is 30.6. The Morgan fingerprint density at radius 1 is 0.587 bits per heavy atom. The summed E-state index contributed by atoms with van der Waals surface area (Å²) in [5, 5.41) is 7.02. The molecule has 2 aromatic heterocycles. The highest BCUT2D eigenvalue weighted by molar-refractivity contribution is 6.25. The number of rotatable bonds is 4. The normalized spacial score (nSPS) is 12.2. The lowest BCUT2D eigenvalue weighted by Gasteiger charge is -2.22. The number of aliphatic imine (C=N–C) groups is 1. The molecule has 46 heavy (non-hydrogen) atoms. The Morgan fingerprint density at radius 3 is 2.04 bits per heavy atom. The number of benzene rings is 7. The number of furan rings is 1. The van der Waals surface area contributed by atoms with E-state index in [0.29, 0.717) is 0 Å². The van der Waals surface area contributed by atoms with E-state index in [1.165, 1.54) is 16.2 Å². The molecular formula is C42H29N3O. The van der Waals surface area contributed by atoms with Gasteiger partial charge in [0.25, 0.3) is 0 Å². The molecule has 4 nitrogen and oxygen atoms in total. The number of nitrogens with zero attached hydrogens (tertiary/aromatic N) is 3. The standard InChI is InChI=1S/C42H29N3O/c1-44(42(28-12-4-2-5-13-28)43-31-16-6-3-7-17-31)32-20-22-33(23-21-32)45-37-25-24-35-34-18-10-11-19-39(34)46-41(35)40(37)36-26-29-14-8-9-15-30(29)27-38(36)45/h2-27H,1H3. The molecule has 0 unspecified atom stereocenters. The third kappa shape index (κ3) is 4.19. The molecule has 0 saturated heterocycles. The van der Waals surface area contributed by atoms with Crippen LogP contribution in [0.25, 0.3) is 60.2 Å². The van der Waals surface area contributed by atoms with E-state index >= 15 is 0 Å². The average Bonchev–Trinajstić information content (AvgIpc) is 3.65. The van der Waals surface area contributed by atoms with Crippen LogP contribution in [0.2, 0.25) is 0 Å². The van der Waals surface area contributed by atoms with Gasteiger partial charge < -0.3 is 13.9 Å². The maximum atomic E-state index is 6.57. The first-order valence-corrected chi connectivity index (χ1v) is 15.5. The predicted octanol–water partition coefficient (Wildman–Crippen LogP) is 11.1. The first kappa shape index (κ1) is 26.3. The van der Waals surface area contributed by atoms with Crippen LogP contribution in [-0.4, -0.2) is 17.5 Å². The molecule has 7 aromatic carbocycles. The molecule has 0 aliphatic heterocycles. The fourth-order valence-electron chi connectivity index (χ4n) is 6.74. The van der Waals surface area contributed by atoms with Gasteiger partial charge in [-0.25, -0.2) is 4.99 Å². The van der Waals surface area contributed by atoms with Gasteiger partial charge in [0.05, 0.1) is 22.1 Å². The van der Waals surface area contributed by atoms with Crippen LogP contribution in [0.1, 0.15) is 5.56 Å². The van der Waals surface area contributed by atoms with Gasteiger partial charge in [-0.15, -0.1) is 0 Å². The average molecular weight is 592 g/mol. The van der Waals surface area contributed by atoms with Gasteiger partial charge in [-0.1, -0.05) is 91.0 Å². The monoisotopic (exact) mass is 591 g/mol. The van der Waals surface area contributed by atoms with Crippen LogP contribution in [0, 0.1) is 0 Å². The van der Waals surface area contributed by atoms with E-state index in [2.05, 4.69) is 132 Å². The number of aromatic nitrogens is 1. The largest absolute Gasteiger partial charge is 0.455 e. The Bertz CT molecular complexity index is 2580. The van der Waals surface area contributed by atoms with Crippen molar-refractivity contribution < 1.29 is 4.42 Å². The van der Waals surface area contributed by atoms with Crippen molar-refractivity contribution in [2.75, 3.05) is 11.9 Å². The van der Waals surface area contributed by atoms with E-state index in [0.717, 1.165) is 66.8 Å². The molecule has 9 aromatic rings. The molecule has 0 fully saturated rings. The highest BCUT2D eigenvalue weighted by atomic mass is 16.3. The summed E-state index contributed by atoms with van der Waals surface area (Å²) in [5.41, 5.74) is 8.22. The first-order chi connectivity index (χ1) is 22.7. The maximum absolute atomic E-state index is 6.57. The van der Waals surface area contributed by atoms with Crippen molar-refractivity contribution in [3.05, 3.63) is 163 Å². The molecule has 2 heterocycles. The van der Waals surface area contributed by atoms with Crippen LogP contribution in [0.5, 0.6) is 0 Å². The smallest absolute Gasteiger partial charge is 0.145 e. The van der Waals surface area contributed by atoms with Crippen LogP contribution in [0.3, 0.4) is 0 Å². The summed E-state index contributed by atoms with van der Waals surface area (Å²) in [7, 11) is 2.08. The summed E-state index contributed by atoms with van der Waals surface area (Å²) in [5.74, 6) is 0.884. The van der Waals surface area contributed by atoms with Crippen molar-refractivity contribution in [3.8, 4) is 5.69 Å². The van der Waals surface area contributed by atoms with Gasteiger partial charge in [0.2, 0.25) is 0 Å². The van der Waals surface area contributed by atoms with Crippen LogP contribution < -0.4 is 4.90 Å². The minimum atomic E-state index is 0.884. The molecule has 0 atom stereocenters. The first-order valence-electron chi connectivity index (χ1n) is 15.5. The highest BCUT2D eigenvalue weighted by Crippen LogP contribution is 2.41. The number of hydrogen-bond donors (Lipinski definition) is 0. The van der Waals surface area contributed by atoms with Gasteiger partial charge in [-0.05, 0) is 77.5 Å². The second-order valence-corrected chi connectivity index (χ2v) is 11.7. The number of anilines is 1. The van der Waals surface area contributed by atoms with Gasteiger partial charge >= 0.3 is 0 Å². The Labute approximate surface area is 266 Å². The van der Waals surface area contributed by atoms with E-state index in [4.69, 9.17) is 9.41 Å². The fraction of sp³-hybridized carbons (Fsp3) is 0.0238. The van der Waals surface area contributed by atoms with Crippen molar-refractivity contribution in [3.63, 3.8) is 0 Å². The molecule has 9 rings (SSSR count). The summed E-state index contributed by atoms with van der Waals surface area (Å²) in [6.45, 7) is 0. The van der Waals surface area contributed by atoms with Crippen molar-refractivity contribution >= 4 is 71.7 Å². The van der Waals surface area contributed by atoms with Crippen molar-refractivity contribution in [1.82, 2.24) is 4.57 Å². The fourth-order valence-corrected chi connectivity index (χ4v) is 6.74. The van der Waals surface area contributed by atoms with Crippen LogP contribution in [-0.2, 0) is 0 Å². The molecule has 0 bridgehead atoms. The molecule has 0 amide bonds. The lowest BCUT2D eigenvalue weighted by Crippen LogP contribution is -2.27. The summed E-state index contributed by atoms with van der Waals surface area (Å²) >= 11 is 0. The van der Waals surface area contributed by atoms with Crippen molar-refractivity contribution in [1.29, 1.82) is 0 Å². The van der Waals surface area contributed by atoms with Crippen LogP contribution in [0.4, 0.5) is 11.4 Å². The quantitative estimate of drug-likeness (QED) is 0.151.